The number of anilines is 1. The van der Waals surface area contributed by atoms with E-state index in [4.69, 9.17) is 23.9 Å². The van der Waals surface area contributed by atoms with E-state index in [2.05, 4.69) is 17.0 Å². The lowest BCUT2D eigenvalue weighted by atomic mass is 10.1. The molecule has 9 heteroatoms. The Hall–Kier alpha value is -3.17. The molecule has 3 heterocycles. The Morgan fingerprint density at radius 3 is 2.58 bits per heavy atom. The molecule has 8 nitrogen and oxygen atoms in total. The van der Waals surface area contributed by atoms with Gasteiger partial charge in [-0.3, -0.25) is 9.69 Å². The number of nitrogens with zero attached hydrogens (tertiary/aromatic N) is 3. The SMILES string of the molecule is CCOc1cc2c(cc1/C=C1\SC(=Nc3ccc(N4CCOCC4)cc3)N(C)C1=O)OCO2. The fourth-order valence-corrected chi connectivity index (χ4v) is 4.77. The van der Waals surface area contributed by atoms with Crippen LogP contribution in [0, 0.1) is 0 Å². The van der Waals surface area contributed by atoms with E-state index in [-0.39, 0.29) is 12.7 Å². The Bertz CT molecular complexity index is 1110. The summed E-state index contributed by atoms with van der Waals surface area (Å²) in [5.74, 6) is 1.83. The highest BCUT2D eigenvalue weighted by atomic mass is 32.2. The second kappa shape index (κ2) is 9.36. The van der Waals surface area contributed by atoms with Gasteiger partial charge in [0.2, 0.25) is 6.79 Å². The molecule has 33 heavy (non-hydrogen) atoms. The molecule has 2 aromatic carbocycles. The number of carbonyl (C=O) groups is 1. The number of aliphatic imine (C=N–C) groups is 1. The summed E-state index contributed by atoms with van der Waals surface area (Å²) in [6, 6.07) is 11.7. The maximum Gasteiger partial charge on any atom is 0.266 e. The lowest BCUT2D eigenvalue weighted by Crippen LogP contribution is -2.36. The number of amidine groups is 1. The van der Waals surface area contributed by atoms with E-state index >= 15 is 0 Å². The highest BCUT2D eigenvalue weighted by Gasteiger charge is 2.31. The van der Waals surface area contributed by atoms with Crippen molar-refractivity contribution in [3.63, 3.8) is 0 Å². The van der Waals surface area contributed by atoms with Crippen LogP contribution in [-0.4, -0.2) is 62.7 Å². The summed E-state index contributed by atoms with van der Waals surface area (Å²) in [6.45, 7) is 5.87. The number of benzene rings is 2. The minimum atomic E-state index is -0.108. The number of ether oxygens (including phenoxy) is 4. The minimum Gasteiger partial charge on any atom is -0.493 e. The van der Waals surface area contributed by atoms with Crippen LogP contribution >= 0.6 is 11.8 Å². The first-order chi connectivity index (χ1) is 16.1. The van der Waals surface area contributed by atoms with E-state index < -0.39 is 0 Å². The lowest BCUT2D eigenvalue weighted by Gasteiger charge is -2.28. The molecule has 2 fully saturated rings. The van der Waals surface area contributed by atoms with Gasteiger partial charge in [0.1, 0.15) is 5.75 Å². The largest absolute Gasteiger partial charge is 0.493 e. The van der Waals surface area contributed by atoms with Gasteiger partial charge in [-0.25, -0.2) is 4.99 Å². The normalized spacial score (nSPS) is 20.2. The fraction of sp³-hybridized carbons (Fsp3) is 0.333. The number of carbonyl (C=O) groups excluding carboxylic acids is 1. The molecule has 0 bridgehead atoms. The molecule has 0 atom stereocenters. The van der Waals surface area contributed by atoms with E-state index in [1.165, 1.54) is 11.8 Å². The van der Waals surface area contributed by atoms with Crippen molar-refractivity contribution in [3.8, 4) is 17.2 Å². The van der Waals surface area contributed by atoms with E-state index in [1.807, 2.05) is 31.2 Å². The van der Waals surface area contributed by atoms with Crippen LogP contribution in [0.2, 0.25) is 0 Å². The first-order valence-corrected chi connectivity index (χ1v) is 11.7. The number of hydrogen-bond donors (Lipinski definition) is 0. The molecular formula is C24H25N3O5S. The van der Waals surface area contributed by atoms with E-state index in [0.717, 1.165) is 43.2 Å². The maximum atomic E-state index is 12.9. The van der Waals surface area contributed by atoms with E-state index in [1.54, 1.807) is 18.0 Å². The zero-order valence-corrected chi connectivity index (χ0v) is 19.4. The van der Waals surface area contributed by atoms with Gasteiger partial charge in [-0.05, 0) is 55.1 Å². The summed E-state index contributed by atoms with van der Waals surface area (Å²) in [5, 5.41) is 0.629. The van der Waals surface area contributed by atoms with Crippen LogP contribution in [0.15, 0.2) is 46.3 Å². The highest BCUT2D eigenvalue weighted by Crippen LogP contribution is 2.41. The Kier molecular flexibility index (Phi) is 6.15. The van der Waals surface area contributed by atoms with Gasteiger partial charge in [0.05, 0.1) is 30.4 Å². The molecule has 0 aliphatic carbocycles. The van der Waals surface area contributed by atoms with Crippen molar-refractivity contribution in [1.29, 1.82) is 0 Å². The van der Waals surface area contributed by atoms with Gasteiger partial charge in [-0.2, -0.15) is 0 Å². The predicted molar refractivity (Wildman–Crippen MR) is 129 cm³/mol. The van der Waals surface area contributed by atoms with Crippen LogP contribution in [0.5, 0.6) is 17.2 Å². The highest BCUT2D eigenvalue weighted by molar-refractivity contribution is 8.18. The first kappa shape index (κ1) is 21.7. The van der Waals surface area contributed by atoms with Crippen LogP contribution in [-0.2, 0) is 9.53 Å². The van der Waals surface area contributed by atoms with Gasteiger partial charge in [0.15, 0.2) is 16.7 Å². The molecular weight excluding hydrogens is 442 g/mol. The molecule has 172 valence electrons. The van der Waals surface area contributed by atoms with Crippen molar-refractivity contribution >= 4 is 40.3 Å². The molecule has 0 saturated carbocycles. The van der Waals surface area contributed by atoms with Crippen LogP contribution in [0.25, 0.3) is 6.08 Å². The summed E-state index contributed by atoms with van der Waals surface area (Å²) in [5.41, 5.74) is 2.72. The molecule has 0 aromatic heterocycles. The molecule has 1 amide bonds. The molecule has 0 spiro atoms. The number of thioether (sulfide) groups is 1. The Balaban J connectivity index is 1.38. The number of morpholine rings is 1. The van der Waals surface area contributed by atoms with Crippen molar-refractivity contribution in [2.24, 2.45) is 4.99 Å². The topological polar surface area (TPSA) is 72.8 Å². The van der Waals surface area contributed by atoms with Crippen molar-refractivity contribution in [1.82, 2.24) is 4.90 Å². The Morgan fingerprint density at radius 1 is 1.12 bits per heavy atom. The summed E-state index contributed by atoms with van der Waals surface area (Å²) < 4.78 is 22.1. The molecule has 0 N–H and O–H groups in total. The third kappa shape index (κ3) is 4.51. The third-order valence-electron chi connectivity index (χ3n) is 5.55. The Morgan fingerprint density at radius 2 is 1.85 bits per heavy atom. The van der Waals surface area contributed by atoms with Gasteiger partial charge in [-0.1, -0.05) is 0 Å². The summed E-state index contributed by atoms with van der Waals surface area (Å²) in [4.78, 5) is 22.1. The van der Waals surface area contributed by atoms with Crippen molar-refractivity contribution in [2.45, 2.75) is 6.92 Å². The van der Waals surface area contributed by atoms with Crippen molar-refractivity contribution in [2.75, 3.05) is 51.7 Å². The smallest absolute Gasteiger partial charge is 0.266 e. The van der Waals surface area contributed by atoms with Gasteiger partial charge in [0.25, 0.3) is 5.91 Å². The summed E-state index contributed by atoms with van der Waals surface area (Å²) in [7, 11) is 1.74. The quantitative estimate of drug-likeness (QED) is 0.618. The lowest BCUT2D eigenvalue weighted by molar-refractivity contribution is -0.121. The monoisotopic (exact) mass is 467 g/mol. The second-order valence-corrected chi connectivity index (χ2v) is 8.67. The van der Waals surface area contributed by atoms with Crippen molar-refractivity contribution < 1.29 is 23.7 Å². The summed E-state index contributed by atoms with van der Waals surface area (Å²) in [6.07, 6.45) is 1.82. The zero-order chi connectivity index (χ0) is 22.8. The second-order valence-electron chi connectivity index (χ2n) is 7.66. The molecule has 0 radical (unpaired) electrons. The number of fused-ring (bicyclic) bond motifs is 1. The van der Waals surface area contributed by atoms with Gasteiger partial charge < -0.3 is 23.8 Å². The van der Waals surface area contributed by atoms with Gasteiger partial charge in [0, 0.05) is 37.5 Å². The van der Waals surface area contributed by atoms with Crippen LogP contribution in [0.3, 0.4) is 0 Å². The molecule has 3 aliphatic heterocycles. The van der Waals surface area contributed by atoms with E-state index in [0.29, 0.717) is 33.9 Å². The fourth-order valence-electron chi connectivity index (χ4n) is 3.80. The van der Waals surface area contributed by atoms with E-state index in [9.17, 15) is 4.79 Å². The molecule has 0 unspecified atom stereocenters. The third-order valence-corrected chi connectivity index (χ3v) is 6.61. The standard InChI is InChI=1S/C24H25N3O5S/c1-3-30-19-14-21-20(31-15-32-21)12-16(19)13-22-23(28)26(2)24(33-22)25-17-4-6-18(7-5-17)27-8-10-29-11-9-27/h4-7,12-14H,3,8-11,15H2,1-2H3/b22-13-,25-24?. The molecule has 2 aromatic rings. The average molecular weight is 468 g/mol. The number of likely N-dealkylation sites (N-methyl/N-ethyl adjacent to an activating group) is 1. The van der Waals surface area contributed by atoms with Crippen LogP contribution in [0.1, 0.15) is 12.5 Å². The average Bonchev–Trinajstić information content (AvgIpc) is 3.40. The minimum absolute atomic E-state index is 0.108. The number of hydrogen-bond acceptors (Lipinski definition) is 8. The van der Waals surface area contributed by atoms with Crippen LogP contribution < -0.4 is 19.1 Å². The van der Waals surface area contributed by atoms with Gasteiger partial charge >= 0.3 is 0 Å². The molecule has 5 rings (SSSR count). The molecule has 2 saturated heterocycles. The Labute approximate surface area is 196 Å². The number of rotatable bonds is 5. The maximum absolute atomic E-state index is 12.9. The number of amides is 1. The van der Waals surface area contributed by atoms with Crippen LogP contribution in [0.4, 0.5) is 11.4 Å². The van der Waals surface area contributed by atoms with Crippen molar-refractivity contribution in [3.05, 3.63) is 46.9 Å². The summed E-state index contributed by atoms with van der Waals surface area (Å²) >= 11 is 1.34. The predicted octanol–water partition coefficient (Wildman–Crippen LogP) is 3.88. The van der Waals surface area contributed by atoms with Gasteiger partial charge in [-0.15, -0.1) is 0 Å². The first-order valence-electron chi connectivity index (χ1n) is 10.9. The molecule has 3 aliphatic rings. The zero-order valence-electron chi connectivity index (χ0n) is 18.6.